The summed E-state index contributed by atoms with van der Waals surface area (Å²) in [7, 11) is -7.92. The summed E-state index contributed by atoms with van der Waals surface area (Å²) >= 11 is 0. The van der Waals surface area contributed by atoms with Crippen LogP contribution >= 0.6 is 0 Å². The first kappa shape index (κ1) is 28.1. The molecule has 0 saturated carbocycles. The van der Waals surface area contributed by atoms with Crippen LogP contribution in [0.1, 0.15) is 78.1 Å². The van der Waals surface area contributed by atoms with Gasteiger partial charge in [-0.2, -0.15) is 0 Å². The van der Waals surface area contributed by atoms with Crippen LogP contribution in [0.4, 0.5) is 0 Å². The van der Waals surface area contributed by atoms with Gasteiger partial charge in [0, 0.05) is 11.5 Å². The number of unbranched alkanes of at least 4 members (excludes halogenated alkanes) is 8. The molecule has 1 radical (unpaired) electrons. The fourth-order valence-corrected chi connectivity index (χ4v) is 2.88. The van der Waals surface area contributed by atoms with E-state index in [0.29, 0.717) is 12.8 Å². The van der Waals surface area contributed by atoms with Crippen molar-refractivity contribution in [3.63, 3.8) is 0 Å². The summed E-state index contributed by atoms with van der Waals surface area (Å²) < 4.78 is 60.7. The Hall–Kier alpha value is 0.326. The minimum Gasteiger partial charge on any atom is -0.748 e. The summed E-state index contributed by atoms with van der Waals surface area (Å²) in [5.74, 6) is -0.395. The van der Waals surface area contributed by atoms with E-state index in [1.54, 1.807) is 0 Å². The topological polar surface area (TPSA) is 114 Å². The van der Waals surface area contributed by atoms with Crippen LogP contribution in [0.5, 0.6) is 0 Å². The van der Waals surface area contributed by atoms with E-state index in [0.717, 1.165) is 51.4 Å². The largest absolute Gasteiger partial charge is 2.00 e. The van der Waals surface area contributed by atoms with Gasteiger partial charge in [-0.15, -0.1) is 0 Å². The van der Waals surface area contributed by atoms with Gasteiger partial charge in [0.2, 0.25) is 0 Å². The Morgan fingerprint density at radius 1 is 0.565 bits per heavy atom. The van der Waals surface area contributed by atoms with Crippen molar-refractivity contribution in [2.24, 2.45) is 0 Å². The Kier molecular flexibility index (Phi) is 21.0. The molecule has 0 aromatic rings. The van der Waals surface area contributed by atoms with Gasteiger partial charge in [0.15, 0.2) is 0 Å². The summed E-state index contributed by atoms with van der Waals surface area (Å²) in [6, 6.07) is 0. The van der Waals surface area contributed by atoms with E-state index in [1.165, 1.54) is 0 Å². The smallest absolute Gasteiger partial charge is 0.748 e. The first-order chi connectivity index (χ1) is 10.1. The van der Waals surface area contributed by atoms with Crippen molar-refractivity contribution in [1.82, 2.24) is 0 Å². The van der Waals surface area contributed by atoms with Crippen LogP contribution in [0.15, 0.2) is 0 Å². The first-order valence-electron chi connectivity index (χ1n) is 7.99. The standard InChI is InChI=1S/2C7H16O3S.Co/c2*1-2-3-4-5-6-7-11(8,9)10;/h2*2-7H2,1H3,(H,8,9,10);/q;;+2/p-2. The molecule has 0 fully saturated rings. The van der Waals surface area contributed by atoms with Crippen molar-refractivity contribution < 1.29 is 42.7 Å². The maximum atomic E-state index is 10.1. The maximum absolute atomic E-state index is 10.1. The molecule has 0 rings (SSSR count). The zero-order valence-corrected chi connectivity index (χ0v) is 16.8. The monoisotopic (exact) mass is 417 g/mol. The third kappa shape index (κ3) is 34.6. The second-order valence-electron chi connectivity index (χ2n) is 5.35. The van der Waals surface area contributed by atoms with Crippen molar-refractivity contribution in [2.75, 3.05) is 11.5 Å². The van der Waals surface area contributed by atoms with Gasteiger partial charge >= 0.3 is 16.8 Å². The predicted octanol–water partition coefficient (Wildman–Crippen LogP) is 3.00. The molecular weight excluding hydrogens is 387 g/mol. The second kappa shape index (κ2) is 17.2. The van der Waals surface area contributed by atoms with Crippen molar-refractivity contribution in [1.29, 1.82) is 0 Å². The maximum Gasteiger partial charge on any atom is 2.00 e. The van der Waals surface area contributed by atoms with Crippen LogP contribution in [0, 0.1) is 0 Å². The molecule has 143 valence electrons. The second-order valence-corrected chi connectivity index (χ2v) is 8.40. The molecule has 0 spiro atoms. The summed E-state index contributed by atoms with van der Waals surface area (Å²) in [5, 5.41) is 0. The molecule has 0 unspecified atom stereocenters. The van der Waals surface area contributed by atoms with Crippen LogP contribution in [-0.4, -0.2) is 37.4 Å². The molecule has 0 atom stereocenters. The molecule has 6 nitrogen and oxygen atoms in total. The Balaban J connectivity index is -0.000000333. The van der Waals surface area contributed by atoms with Crippen LogP contribution in [0.25, 0.3) is 0 Å². The van der Waals surface area contributed by atoms with Crippen LogP contribution < -0.4 is 0 Å². The Bertz CT molecular complexity index is 392. The third-order valence-electron chi connectivity index (χ3n) is 3.00. The molecule has 0 saturated heterocycles. The predicted molar refractivity (Wildman–Crippen MR) is 86.6 cm³/mol. The summed E-state index contributed by atoms with van der Waals surface area (Å²) in [6.45, 7) is 4.18. The molecular formula is C14H30CoO6S2. The molecule has 0 aliphatic heterocycles. The minimum absolute atomic E-state index is 0. The zero-order chi connectivity index (χ0) is 17.5. The van der Waals surface area contributed by atoms with E-state index in [2.05, 4.69) is 13.8 Å². The van der Waals surface area contributed by atoms with Crippen molar-refractivity contribution in [3.8, 4) is 0 Å². The molecule has 0 heterocycles. The van der Waals surface area contributed by atoms with E-state index in [9.17, 15) is 25.9 Å². The van der Waals surface area contributed by atoms with Gasteiger partial charge in [0.05, 0.1) is 20.2 Å². The fraction of sp³-hybridized carbons (Fsp3) is 1.00. The van der Waals surface area contributed by atoms with Gasteiger partial charge in [-0.05, 0) is 12.8 Å². The van der Waals surface area contributed by atoms with Crippen LogP contribution in [-0.2, 0) is 37.0 Å². The quantitative estimate of drug-likeness (QED) is 0.356. The number of rotatable bonds is 12. The average molecular weight is 417 g/mol. The van der Waals surface area contributed by atoms with E-state index in [4.69, 9.17) is 0 Å². The zero-order valence-electron chi connectivity index (χ0n) is 14.1. The van der Waals surface area contributed by atoms with Crippen molar-refractivity contribution >= 4 is 20.2 Å². The van der Waals surface area contributed by atoms with Gasteiger partial charge in [-0.1, -0.05) is 65.2 Å². The Morgan fingerprint density at radius 2 is 0.826 bits per heavy atom. The van der Waals surface area contributed by atoms with Gasteiger partial charge in [0.1, 0.15) is 0 Å². The van der Waals surface area contributed by atoms with Gasteiger partial charge in [-0.3, -0.25) is 0 Å². The average Bonchev–Trinajstić information content (AvgIpc) is 2.36. The van der Waals surface area contributed by atoms with Crippen LogP contribution in [0.3, 0.4) is 0 Å². The summed E-state index contributed by atoms with van der Waals surface area (Å²) in [6.07, 6.45) is 9.33. The molecule has 0 aromatic carbocycles. The first-order valence-corrected chi connectivity index (χ1v) is 11.1. The molecule has 23 heavy (non-hydrogen) atoms. The van der Waals surface area contributed by atoms with Gasteiger partial charge in [-0.25, -0.2) is 16.8 Å². The Morgan fingerprint density at radius 3 is 1.04 bits per heavy atom. The van der Waals surface area contributed by atoms with E-state index < -0.39 is 20.2 Å². The molecule has 0 aliphatic carbocycles. The van der Waals surface area contributed by atoms with E-state index in [1.807, 2.05) is 0 Å². The summed E-state index contributed by atoms with van der Waals surface area (Å²) in [5.41, 5.74) is 0. The van der Waals surface area contributed by atoms with Crippen molar-refractivity contribution in [2.45, 2.75) is 78.1 Å². The normalized spacial score (nSPS) is 11.3. The molecule has 9 heteroatoms. The van der Waals surface area contributed by atoms with Gasteiger partial charge < -0.3 is 9.11 Å². The number of hydrogen-bond donors (Lipinski definition) is 0. The molecule has 0 amide bonds. The number of hydrogen-bond acceptors (Lipinski definition) is 6. The van der Waals surface area contributed by atoms with E-state index in [-0.39, 0.29) is 28.3 Å². The van der Waals surface area contributed by atoms with E-state index >= 15 is 0 Å². The Labute approximate surface area is 152 Å². The fourth-order valence-electron chi connectivity index (χ4n) is 1.76. The molecule has 0 aromatic heterocycles. The summed E-state index contributed by atoms with van der Waals surface area (Å²) in [4.78, 5) is 0. The van der Waals surface area contributed by atoms with Gasteiger partial charge in [0.25, 0.3) is 0 Å². The minimum atomic E-state index is -3.96. The van der Waals surface area contributed by atoms with Crippen LogP contribution in [0.2, 0.25) is 0 Å². The van der Waals surface area contributed by atoms with Crippen molar-refractivity contribution in [3.05, 3.63) is 0 Å². The molecule has 0 bridgehead atoms. The SMILES string of the molecule is CCCCCCCS(=O)(=O)[O-].CCCCCCCS(=O)(=O)[O-].[Co+2]. The molecule has 0 aliphatic rings. The molecule has 0 N–H and O–H groups in total. The third-order valence-corrected chi connectivity index (χ3v) is 4.57.